The molecule has 23 atom stereocenters. The third-order valence-corrected chi connectivity index (χ3v) is 9.76. The Morgan fingerprint density at radius 3 is 1.42 bits per heavy atom. The van der Waals surface area contributed by atoms with Crippen molar-refractivity contribution in [2.75, 3.05) is 26.4 Å². The summed E-state index contributed by atoms with van der Waals surface area (Å²) in [6.45, 7) is -4.39. The van der Waals surface area contributed by atoms with Crippen LogP contribution in [0.3, 0.4) is 0 Å². The Balaban J connectivity index is 1.69. The second kappa shape index (κ2) is 19.1. The van der Waals surface area contributed by atoms with E-state index in [1.807, 2.05) is 0 Å². The lowest BCUT2D eigenvalue weighted by Crippen LogP contribution is -2.69. The van der Waals surface area contributed by atoms with Crippen LogP contribution < -0.4 is 0 Å². The smallest absolute Gasteiger partial charge is 0.364 e. The van der Waals surface area contributed by atoms with Crippen LogP contribution in [-0.2, 0) is 38.0 Å². The third kappa shape index (κ3) is 9.54. The fraction of sp³-hybridized carbons (Fsp3) is 0.966. The van der Waals surface area contributed by atoms with Gasteiger partial charge in [-0.3, -0.25) is 0 Å². The largest absolute Gasteiger partial charge is 0.477 e. The topological polar surface area (TPSA) is 446 Å². The number of aliphatic hydroxyl groups excluding tert-OH is 16. The highest BCUT2D eigenvalue weighted by atomic mass is 16.8. The number of carbonyl (C=O) groups is 1. The molecule has 0 aliphatic carbocycles. The zero-order valence-electron chi connectivity index (χ0n) is 28.6. The van der Waals surface area contributed by atoms with Crippen LogP contribution in [0.1, 0.15) is 6.42 Å². The van der Waals surface area contributed by atoms with Gasteiger partial charge < -0.3 is 125 Å². The van der Waals surface area contributed by atoms with Crippen LogP contribution >= 0.6 is 0 Å². The van der Waals surface area contributed by atoms with Crippen LogP contribution in [0.25, 0.3) is 0 Å². The molecule has 55 heavy (non-hydrogen) atoms. The summed E-state index contributed by atoms with van der Waals surface area (Å²) in [6.07, 6.45) is -47.2. The first-order valence-corrected chi connectivity index (χ1v) is 16.9. The number of rotatable bonds is 15. The lowest BCUT2D eigenvalue weighted by Gasteiger charge is -2.50. The molecule has 4 fully saturated rings. The molecular formula is C29H50O26. The minimum Gasteiger partial charge on any atom is -0.477 e. The highest BCUT2D eigenvalue weighted by Crippen LogP contribution is 2.37. The molecule has 4 aliphatic rings. The van der Waals surface area contributed by atoms with Crippen molar-refractivity contribution in [2.45, 2.75) is 147 Å². The molecule has 0 aromatic carbocycles. The van der Waals surface area contributed by atoms with E-state index >= 15 is 0 Å². The first-order valence-electron chi connectivity index (χ1n) is 16.9. The molecule has 0 saturated carbocycles. The Bertz CT molecular complexity index is 1220. The highest BCUT2D eigenvalue weighted by molar-refractivity contribution is 5.75. The quantitative estimate of drug-likeness (QED) is 0.0729. The molecule has 4 rings (SSSR count). The van der Waals surface area contributed by atoms with Crippen molar-refractivity contribution in [3.05, 3.63) is 0 Å². The van der Waals surface area contributed by atoms with Crippen molar-refractivity contribution < 1.29 is 130 Å². The van der Waals surface area contributed by atoms with Gasteiger partial charge in [0.25, 0.3) is 5.79 Å². The molecular weight excluding hydrogens is 764 g/mol. The first-order chi connectivity index (χ1) is 25.8. The Morgan fingerprint density at radius 1 is 0.527 bits per heavy atom. The molecule has 0 spiro atoms. The summed E-state index contributed by atoms with van der Waals surface area (Å²) in [7, 11) is 0. The van der Waals surface area contributed by atoms with Gasteiger partial charge in [0.15, 0.2) is 18.9 Å². The molecule has 322 valence electrons. The van der Waals surface area contributed by atoms with Gasteiger partial charge >= 0.3 is 5.97 Å². The summed E-state index contributed by atoms with van der Waals surface area (Å²) in [5.74, 6) is -5.12. The number of aliphatic hydroxyl groups is 17. The molecule has 18 N–H and O–H groups in total. The van der Waals surface area contributed by atoms with E-state index in [2.05, 4.69) is 0 Å². The standard InChI is InChI=1S/C29H50O26/c30-2-7(35)18-12(40)11(39)15(43)25(49-18)54-24-14(42)13(41)19(8(36)3-31)51-27(24)53-23-16(44)20(9(37)4-32)50-26(17(23)45)52-21-6(34)1-29(48,28(46)47)55-22(21)10(38)5-33/h6-27,30-45,48H,1-5H2,(H,46,47)/t6-,7+,8+,9+,10-,11+,12+,13+,14+,15+,16-,17+,18-,19-,20-,21-,22-,23+,24+,25-,26-,27-,29-/m1/s1. The molecule has 0 amide bonds. The van der Waals surface area contributed by atoms with Crippen molar-refractivity contribution in [1.82, 2.24) is 0 Å². The summed E-state index contributed by atoms with van der Waals surface area (Å²) in [6, 6.07) is 0. The molecule has 4 heterocycles. The zero-order valence-corrected chi connectivity index (χ0v) is 28.6. The van der Waals surface area contributed by atoms with Crippen LogP contribution in [-0.4, -0.2) is 265 Å². The zero-order chi connectivity index (χ0) is 41.3. The van der Waals surface area contributed by atoms with E-state index in [1.165, 1.54) is 0 Å². The summed E-state index contributed by atoms with van der Waals surface area (Å²) >= 11 is 0. The number of ether oxygens (including phenoxy) is 7. The van der Waals surface area contributed by atoms with Crippen molar-refractivity contribution in [2.24, 2.45) is 0 Å². The summed E-state index contributed by atoms with van der Waals surface area (Å²) in [5.41, 5.74) is 0. The number of hydrogen-bond donors (Lipinski definition) is 18. The Kier molecular flexibility index (Phi) is 16.0. The number of carboxylic acids is 1. The van der Waals surface area contributed by atoms with Gasteiger partial charge in [0, 0.05) is 6.42 Å². The maximum atomic E-state index is 11.7. The minimum atomic E-state index is -3.11. The summed E-state index contributed by atoms with van der Waals surface area (Å²) < 4.78 is 38.3. The normalized spacial score (nSPS) is 47.8. The van der Waals surface area contributed by atoms with Gasteiger partial charge in [-0.25, -0.2) is 4.79 Å². The molecule has 26 heteroatoms. The van der Waals surface area contributed by atoms with Crippen LogP contribution in [0.15, 0.2) is 0 Å². The van der Waals surface area contributed by atoms with E-state index in [0.29, 0.717) is 0 Å². The van der Waals surface area contributed by atoms with Crippen molar-refractivity contribution in [3.8, 4) is 0 Å². The fourth-order valence-corrected chi connectivity index (χ4v) is 6.63. The molecule has 0 bridgehead atoms. The molecule has 0 aromatic heterocycles. The van der Waals surface area contributed by atoms with E-state index in [4.69, 9.17) is 33.2 Å². The third-order valence-electron chi connectivity index (χ3n) is 9.76. The van der Waals surface area contributed by atoms with Crippen molar-refractivity contribution in [3.63, 3.8) is 0 Å². The van der Waals surface area contributed by atoms with Crippen molar-refractivity contribution in [1.29, 1.82) is 0 Å². The van der Waals surface area contributed by atoms with Crippen LogP contribution in [0, 0.1) is 0 Å². The van der Waals surface area contributed by atoms with Crippen LogP contribution in [0.5, 0.6) is 0 Å². The van der Waals surface area contributed by atoms with E-state index in [-0.39, 0.29) is 0 Å². The van der Waals surface area contributed by atoms with Gasteiger partial charge in [0.2, 0.25) is 0 Å². The van der Waals surface area contributed by atoms with E-state index in [0.717, 1.165) is 0 Å². The van der Waals surface area contributed by atoms with E-state index < -0.39 is 179 Å². The Morgan fingerprint density at radius 2 is 0.927 bits per heavy atom. The Hall–Kier alpha value is -1.49. The van der Waals surface area contributed by atoms with E-state index in [1.54, 1.807) is 0 Å². The average molecular weight is 815 g/mol. The number of hydrogen-bond acceptors (Lipinski definition) is 25. The fourth-order valence-electron chi connectivity index (χ4n) is 6.63. The Labute approximate surface area is 309 Å². The highest BCUT2D eigenvalue weighted by Gasteiger charge is 2.58. The second-order valence-electron chi connectivity index (χ2n) is 13.6. The number of aliphatic carboxylic acids is 1. The summed E-state index contributed by atoms with van der Waals surface area (Å²) in [5, 5.41) is 186. The molecule has 0 radical (unpaired) electrons. The number of carboxylic acid groups (broad SMARTS) is 1. The van der Waals surface area contributed by atoms with Gasteiger partial charge in [-0.2, -0.15) is 0 Å². The minimum absolute atomic E-state index is 1.02. The lowest BCUT2D eigenvalue weighted by atomic mass is 9.91. The molecule has 4 saturated heterocycles. The predicted molar refractivity (Wildman–Crippen MR) is 163 cm³/mol. The predicted octanol–water partition coefficient (Wildman–Crippen LogP) is -11.8. The van der Waals surface area contributed by atoms with E-state index in [9.17, 15) is 96.7 Å². The van der Waals surface area contributed by atoms with Crippen LogP contribution in [0.4, 0.5) is 0 Å². The van der Waals surface area contributed by atoms with Gasteiger partial charge in [-0.1, -0.05) is 0 Å². The maximum Gasteiger partial charge on any atom is 0.364 e. The van der Waals surface area contributed by atoms with Gasteiger partial charge in [-0.05, 0) is 0 Å². The van der Waals surface area contributed by atoms with Gasteiger partial charge in [0.1, 0.15) is 110 Å². The monoisotopic (exact) mass is 814 g/mol. The summed E-state index contributed by atoms with van der Waals surface area (Å²) in [4.78, 5) is 11.7. The maximum absolute atomic E-state index is 11.7. The van der Waals surface area contributed by atoms with Gasteiger partial charge in [0.05, 0.1) is 32.5 Å². The molecule has 0 aromatic rings. The first kappa shape index (κ1) is 46.2. The average Bonchev–Trinajstić information content (AvgIpc) is 3.16. The second-order valence-corrected chi connectivity index (χ2v) is 13.6. The lowest BCUT2D eigenvalue weighted by molar-refractivity contribution is -0.402. The van der Waals surface area contributed by atoms with Gasteiger partial charge in [-0.15, -0.1) is 0 Å². The van der Waals surface area contributed by atoms with Crippen molar-refractivity contribution >= 4 is 5.97 Å². The molecule has 0 unspecified atom stereocenters. The molecule has 26 nitrogen and oxygen atoms in total. The van der Waals surface area contributed by atoms with Crippen LogP contribution in [0.2, 0.25) is 0 Å². The molecule has 4 aliphatic heterocycles. The SMILES string of the molecule is O=C(O)[C@@]1(O)C[C@@H](O)[C@@H](O[C@H]2O[C@H]([C@@H](O)CO)[C@@H](O)[C@H](O[C@H]3O[C@H]([C@@H](O)CO)[C@@H](O)[C@H](O)[C@@H]3O[C@H]3O[C@H]([C@@H](O)CO)[C@@H](O)[C@H](O)[C@@H]3O)[C@@H]2O)[C@@H]([C@H](O)CO)O1.